The Morgan fingerprint density at radius 2 is 2.00 bits per heavy atom. The first-order valence-electron chi connectivity index (χ1n) is 11.0. The number of rotatable bonds is 6. The Bertz CT molecular complexity index is 1570. The summed E-state index contributed by atoms with van der Waals surface area (Å²) in [6.07, 6.45) is 2.16. The molecule has 0 bridgehead atoms. The molecule has 4 aromatic rings. The van der Waals surface area contributed by atoms with Crippen LogP contribution in [0.1, 0.15) is 35.5 Å². The summed E-state index contributed by atoms with van der Waals surface area (Å²) in [5.74, 6) is 0.506. The van der Waals surface area contributed by atoms with E-state index in [-0.39, 0.29) is 19.3 Å². The predicted molar refractivity (Wildman–Crippen MR) is 122 cm³/mol. The molecule has 1 aliphatic rings. The highest BCUT2D eigenvalue weighted by atomic mass is 16.5. The normalized spacial score (nSPS) is 19.9. The summed E-state index contributed by atoms with van der Waals surface area (Å²) < 4.78 is 19.8. The SMILES string of the molecule is Cc1cn([C@H]2C[C@H](n3cc(COc4ccc5c(C)cc(=O)oc5c4)nn3)[C@@H](CO)O2)c(=O)[nH]c1=O. The van der Waals surface area contributed by atoms with Crippen molar-refractivity contribution in [1.82, 2.24) is 24.5 Å². The third-order valence-corrected chi connectivity index (χ3v) is 6.05. The van der Waals surface area contributed by atoms with Gasteiger partial charge in [-0.15, -0.1) is 5.10 Å². The van der Waals surface area contributed by atoms with E-state index in [2.05, 4.69) is 15.3 Å². The Hall–Kier alpha value is -4.03. The number of benzene rings is 1. The van der Waals surface area contributed by atoms with Crippen molar-refractivity contribution in [3.63, 3.8) is 0 Å². The number of fused-ring (bicyclic) bond motifs is 1. The van der Waals surface area contributed by atoms with E-state index in [4.69, 9.17) is 13.9 Å². The van der Waals surface area contributed by atoms with E-state index in [1.807, 2.05) is 13.0 Å². The number of hydrogen-bond acceptors (Lipinski definition) is 9. The molecule has 35 heavy (non-hydrogen) atoms. The molecule has 1 saturated heterocycles. The number of H-pyrrole nitrogens is 1. The van der Waals surface area contributed by atoms with Crippen molar-refractivity contribution in [3.8, 4) is 5.75 Å². The second-order valence-corrected chi connectivity index (χ2v) is 8.48. The molecule has 3 aromatic heterocycles. The molecular weight excluding hydrogens is 458 g/mol. The lowest BCUT2D eigenvalue weighted by Crippen LogP contribution is -2.33. The van der Waals surface area contributed by atoms with Crippen LogP contribution in [0.5, 0.6) is 5.75 Å². The summed E-state index contributed by atoms with van der Waals surface area (Å²) in [4.78, 5) is 37.8. The first-order valence-corrected chi connectivity index (χ1v) is 11.0. The van der Waals surface area contributed by atoms with Crippen molar-refractivity contribution >= 4 is 11.0 Å². The van der Waals surface area contributed by atoms with Gasteiger partial charge in [0.2, 0.25) is 0 Å². The molecule has 12 heteroatoms. The smallest absolute Gasteiger partial charge is 0.336 e. The van der Waals surface area contributed by atoms with E-state index >= 15 is 0 Å². The maximum Gasteiger partial charge on any atom is 0.336 e. The fourth-order valence-corrected chi connectivity index (χ4v) is 4.22. The van der Waals surface area contributed by atoms with Gasteiger partial charge in [-0.3, -0.25) is 14.3 Å². The summed E-state index contributed by atoms with van der Waals surface area (Å²) in [5.41, 5.74) is 0.698. The summed E-state index contributed by atoms with van der Waals surface area (Å²) in [6, 6.07) is 6.30. The highest BCUT2D eigenvalue weighted by molar-refractivity contribution is 5.81. The van der Waals surface area contributed by atoms with Gasteiger partial charge in [0.1, 0.15) is 36.0 Å². The Kier molecular flexibility index (Phi) is 5.83. The van der Waals surface area contributed by atoms with Crippen LogP contribution in [0.15, 0.2) is 55.5 Å². The van der Waals surface area contributed by atoms with Gasteiger partial charge in [-0.2, -0.15) is 0 Å². The average Bonchev–Trinajstić information content (AvgIpc) is 3.46. The molecule has 1 aliphatic heterocycles. The molecule has 12 nitrogen and oxygen atoms in total. The first kappa shape index (κ1) is 22.7. The van der Waals surface area contributed by atoms with Gasteiger partial charge in [0.05, 0.1) is 18.8 Å². The molecule has 0 saturated carbocycles. The third-order valence-electron chi connectivity index (χ3n) is 6.05. The van der Waals surface area contributed by atoms with Crippen molar-refractivity contribution in [3.05, 3.63) is 84.7 Å². The molecule has 0 amide bonds. The molecule has 0 radical (unpaired) electrons. The maximum atomic E-state index is 12.3. The monoisotopic (exact) mass is 481 g/mol. The van der Waals surface area contributed by atoms with Crippen molar-refractivity contribution in [2.75, 3.05) is 6.61 Å². The molecule has 3 atom stereocenters. The van der Waals surface area contributed by atoms with E-state index in [1.165, 1.54) is 16.8 Å². The number of aromatic nitrogens is 5. The Morgan fingerprint density at radius 1 is 1.17 bits per heavy atom. The number of hydrogen-bond donors (Lipinski definition) is 2. The average molecular weight is 481 g/mol. The Morgan fingerprint density at radius 3 is 2.80 bits per heavy atom. The van der Waals surface area contributed by atoms with Crippen LogP contribution in [-0.2, 0) is 11.3 Å². The molecule has 1 fully saturated rings. The van der Waals surface area contributed by atoms with Crippen LogP contribution in [0.4, 0.5) is 0 Å². The van der Waals surface area contributed by atoms with Crippen molar-refractivity contribution in [2.45, 2.75) is 45.2 Å². The summed E-state index contributed by atoms with van der Waals surface area (Å²) in [6.45, 7) is 3.26. The summed E-state index contributed by atoms with van der Waals surface area (Å²) in [7, 11) is 0. The summed E-state index contributed by atoms with van der Waals surface area (Å²) >= 11 is 0. The van der Waals surface area contributed by atoms with E-state index in [0.717, 1.165) is 10.9 Å². The maximum absolute atomic E-state index is 12.3. The van der Waals surface area contributed by atoms with E-state index in [9.17, 15) is 19.5 Å². The number of aliphatic hydroxyl groups excluding tert-OH is 1. The van der Waals surface area contributed by atoms with Gasteiger partial charge < -0.3 is 19.0 Å². The lowest BCUT2D eigenvalue weighted by Gasteiger charge is -2.15. The molecule has 0 unspecified atom stereocenters. The third kappa shape index (κ3) is 4.40. The van der Waals surface area contributed by atoms with Crippen LogP contribution < -0.4 is 21.6 Å². The zero-order valence-electron chi connectivity index (χ0n) is 19.0. The van der Waals surface area contributed by atoms with Gasteiger partial charge in [0, 0.05) is 35.7 Å². The Labute approximate surface area is 197 Å². The number of ether oxygens (including phenoxy) is 2. The van der Waals surface area contributed by atoms with Crippen LogP contribution in [0, 0.1) is 13.8 Å². The quantitative estimate of drug-likeness (QED) is 0.383. The molecule has 2 N–H and O–H groups in total. The predicted octanol–water partition coefficient (Wildman–Crippen LogP) is 0.951. The molecule has 182 valence electrons. The summed E-state index contributed by atoms with van der Waals surface area (Å²) in [5, 5.41) is 18.9. The fraction of sp³-hybridized carbons (Fsp3) is 0.348. The minimum atomic E-state index is -0.681. The molecular formula is C23H23N5O7. The first-order chi connectivity index (χ1) is 16.8. The molecule has 1 aromatic carbocycles. The van der Waals surface area contributed by atoms with Gasteiger partial charge >= 0.3 is 11.3 Å². The molecule has 0 aliphatic carbocycles. The number of aryl methyl sites for hydroxylation is 2. The van der Waals surface area contributed by atoms with Crippen molar-refractivity contribution < 1.29 is 19.0 Å². The van der Waals surface area contributed by atoms with Gasteiger partial charge in [-0.25, -0.2) is 14.3 Å². The van der Waals surface area contributed by atoms with Gasteiger partial charge in [0.25, 0.3) is 5.56 Å². The lowest BCUT2D eigenvalue weighted by atomic mass is 10.1. The highest BCUT2D eigenvalue weighted by Crippen LogP contribution is 2.35. The number of aliphatic hydroxyl groups is 1. The van der Waals surface area contributed by atoms with Crippen LogP contribution in [-0.4, -0.2) is 42.4 Å². The number of aromatic amines is 1. The second kappa shape index (κ2) is 8.96. The van der Waals surface area contributed by atoms with Crippen LogP contribution in [0.2, 0.25) is 0 Å². The van der Waals surface area contributed by atoms with Crippen LogP contribution in [0.25, 0.3) is 11.0 Å². The zero-order chi connectivity index (χ0) is 24.7. The fourth-order valence-electron chi connectivity index (χ4n) is 4.22. The van der Waals surface area contributed by atoms with Crippen molar-refractivity contribution in [2.24, 2.45) is 0 Å². The molecule has 4 heterocycles. The largest absolute Gasteiger partial charge is 0.487 e. The van der Waals surface area contributed by atoms with Gasteiger partial charge in [-0.1, -0.05) is 5.21 Å². The van der Waals surface area contributed by atoms with E-state index in [1.54, 1.807) is 29.9 Å². The Balaban J connectivity index is 1.31. The minimum absolute atomic E-state index is 0.112. The number of nitrogens with zero attached hydrogens (tertiary/aromatic N) is 4. The topological polar surface area (TPSA) is 154 Å². The molecule has 0 spiro atoms. The molecule has 5 rings (SSSR count). The standard InChI is InChI=1S/C23H23N5O7/c1-12-5-21(30)35-18-6-15(3-4-16(12)18)33-11-14-9-28(26-25-14)17-7-20(34-19(17)10-29)27-8-13(2)22(31)24-23(27)32/h3-6,8-9,17,19-20,29H,7,10-11H2,1-2H3,(H,24,31,32)/t17-,19+,20+/m0/s1. The van der Waals surface area contributed by atoms with E-state index < -0.39 is 29.2 Å². The zero-order valence-corrected chi connectivity index (χ0v) is 19.0. The van der Waals surface area contributed by atoms with Gasteiger partial charge in [0.15, 0.2) is 0 Å². The lowest BCUT2D eigenvalue weighted by molar-refractivity contribution is -0.0323. The highest BCUT2D eigenvalue weighted by Gasteiger charge is 2.38. The van der Waals surface area contributed by atoms with E-state index in [0.29, 0.717) is 29.0 Å². The minimum Gasteiger partial charge on any atom is -0.487 e. The van der Waals surface area contributed by atoms with Crippen molar-refractivity contribution in [1.29, 1.82) is 0 Å². The van der Waals surface area contributed by atoms with Crippen LogP contribution in [0.3, 0.4) is 0 Å². The van der Waals surface area contributed by atoms with Crippen LogP contribution >= 0.6 is 0 Å². The second-order valence-electron chi connectivity index (χ2n) is 8.48. The number of nitrogens with one attached hydrogen (secondary N) is 1. The van der Waals surface area contributed by atoms with Gasteiger partial charge in [-0.05, 0) is 31.5 Å².